The van der Waals surface area contributed by atoms with E-state index in [4.69, 9.17) is 46.4 Å². The molecule has 0 spiro atoms. The first-order chi connectivity index (χ1) is 18.0. The molecule has 1 atom stereocenters. The van der Waals surface area contributed by atoms with E-state index in [2.05, 4.69) is 5.32 Å². The molecule has 202 valence electrons. The fourth-order valence-electron chi connectivity index (χ4n) is 3.67. The van der Waals surface area contributed by atoms with Gasteiger partial charge in [0.05, 0.1) is 15.6 Å². The Morgan fingerprint density at radius 3 is 2.11 bits per heavy atom. The highest BCUT2D eigenvalue weighted by atomic mass is 35.5. The maximum absolute atomic E-state index is 13.8. The van der Waals surface area contributed by atoms with Crippen molar-refractivity contribution in [3.63, 3.8) is 0 Å². The second-order valence-electron chi connectivity index (χ2n) is 8.21. The summed E-state index contributed by atoms with van der Waals surface area (Å²) in [6.45, 7) is 2.83. The van der Waals surface area contributed by atoms with E-state index in [0.717, 1.165) is 4.31 Å². The van der Waals surface area contributed by atoms with E-state index in [1.165, 1.54) is 35.2 Å². The van der Waals surface area contributed by atoms with Crippen LogP contribution in [0.4, 0.5) is 5.69 Å². The minimum Gasteiger partial charge on any atom is -0.355 e. The molecule has 0 heterocycles. The maximum Gasteiger partial charge on any atom is 0.264 e. The second-order valence-corrected chi connectivity index (χ2v) is 11.7. The topological polar surface area (TPSA) is 86.8 Å². The molecule has 0 saturated heterocycles. The number of anilines is 1. The number of halogens is 4. The van der Waals surface area contributed by atoms with Gasteiger partial charge in [-0.25, -0.2) is 8.42 Å². The van der Waals surface area contributed by atoms with Gasteiger partial charge in [-0.15, -0.1) is 0 Å². The van der Waals surface area contributed by atoms with Crippen molar-refractivity contribution in [2.45, 2.75) is 31.3 Å². The number of carbonyl (C=O) groups is 2. The van der Waals surface area contributed by atoms with Crippen molar-refractivity contribution in [2.24, 2.45) is 0 Å². The molecule has 0 radical (unpaired) electrons. The van der Waals surface area contributed by atoms with Crippen LogP contribution in [0.5, 0.6) is 0 Å². The summed E-state index contributed by atoms with van der Waals surface area (Å²) in [5.41, 5.74) is 0.469. The van der Waals surface area contributed by atoms with Gasteiger partial charge in [0.25, 0.3) is 10.0 Å². The molecule has 0 aliphatic heterocycles. The predicted octanol–water partition coefficient (Wildman–Crippen LogP) is 6.05. The van der Waals surface area contributed by atoms with Gasteiger partial charge in [-0.05, 0) is 56.3 Å². The first kappa shape index (κ1) is 30.1. The van der Waals surface area contributed by atoms with Gasteiger partial charge >= 0.3 is 0 Å². The first-order valence-electron chi connectivity index (χ1n) is 11.5. The van der Waals surface area contributed by atoms with Crippen LogP contribution in [0, 0.1) is 0 Å². The number of nitrogens with zero attached hydrogens (tertiary/aromatic N) is 2. The third kappa shape index (κ3) is 6.93. The number of rotatable bonds is 10. The number of amides is 2. The van der Waals surface area contributed by atoms with E-state index in [1.807, 2.05) is 0 Å². The third-order valence-electron chi connectivity index (χ3n) is 5.70. The highest BCUT2D eigenvalue weighted by Gasteiger charge is 2.33. The Labute approximate surface area is 242 Å². The lowest BCUT2D eigenvalue weighted by molar-refractivity contribution is -0.139. The lowest BCUT2D eigenvalue weighted by Gasteiger charge is -2.32. The summed E-state index contributed by atoms with van der Waals surface area (Å²) in [6, 6.07) is 15.8. The second kappa shape index (κ2) is 13.0. The summed E-state index contributed by atoms with van der Waals surface area (Å²) < 4.78 is 28.4. The minimum absolute atomic E-state index is 0.0299. The monoisotopic (exact) mass is 615 g/mol. The minimum atomic E-state index is -4.26. The largest absolute Gasteiger partial charge is 0.355 e. The van der Waals surface area contributed by atoms with Gasteiger partial charge in [0.15, 0.2) is 0 Å². The molecular weight excluding hydrogens is 592 g/mol. The normalized spacial score (nSPS) is 12.1. The van der Waals surface area contributed by atoms with E-state index in [-0.39, 0.29) is 22.2 Å². The van der Waals surface area contributed by atoms with Crippen molar-refractivity contribution in [3.05, 3.63) is 92.4 Å². The number of hydrogen-bond donors (Lipinski definition) is 1. The molecule has 38 heavy (non-hydrogen) atoms. The van der Waals surface area contributed by atoms with E-state index < -0.39 is 34.4 Å². The summed E-state index contributed by atoms with van der Waals surface area (Å²) in [4.78, 5) is 27.8. The molecule has 3 aromatic rings. The van der Waals surface area contributed by atoms with Crippen LogP contribution < -0.4 is 9.62 Å². The molecule has 3 rings (SSSR count). The zero-order valence-corrected chi connectivity index (χ0v) is 24.3. The number of nitrogens with one attached hydrogen (secondary N) is 1. The highest BCUT2D eigenvalue weighted by molar-refractivity contribution is 7.92. The third-order valence-corrected chi connectivity index (χ3v) is 8.72. The fourth-order valence-corrected chi connectivity index (χ4v) is 6.21. The van der Waals surface area contributed by atoms with Gasteiger partial charge in [-0.3, -0.25) is 13.9 Å². The van der Waals surface area contributed by atoms with E-state index in [0.29, 0.717) is 27.2 Å². The molecule has 2 amide bonds. The van der Waals surface area contributed by atoms with Gasteiger partial charge in [0.1, 0.15) is 12.6 Å². The molecule has 0 unspecified atom stereocenters. The summed E-state index contributed by atoms with van der Waals surface area (Å²) in [7, 11) is -4.26. The van der Waals surface area contributed by atoms with Gasteiger partial charge < -0.3 is 10.2 Å². The SMILES string of the molecule is CCNC(=O)[C@H](C)N(Cc1c(Cl)cccc1Cl)C(=O)CN(c1ccc(Cl)cc1Cl)S(=O)(=O)c1ccccc1. The maximum atomic E-state index is 13.8. The molecule has 0 bridgehead atoms. The summed E-state index contributed by atoms with van der Waals surface area (Å²) in [5.74, 6) is -1.10. The Balaban J connectivity index is 2.09. The first-order valence-corrected chi connectivity index (χ1v) is 14.5. The molecule has 12 heteroatoms. The average Bonchev–Trinajstić information content (AvgIpc) is 2.87. The number of benzene rings is 3. The predicted molar refractivity (Wildman–Crippen MR) is 153 cm³/mol. The van der Waals surface area contributed by atoms with Crippen LogP contribution in [0.25, 0.3) is 0 Å². The Kier molecular flexibility index (Phi) is 10.3. The molecular formula is C26H25Cl4N3O4S. The van der Waals surface area contributed by atoms with Gasteiger partial charge in [-0.1, -0.05) is 70.7 Å². The lowest BCUT2D eigenvalue weighted by Crippen LogP contribution is -2.51. The highest BCUT2D eigenvalue weighted by Crippen LogP contribution is 2.33. The van der Waals surface area contributed by atoms with Crippen LogP contribution in [-0.4, -0.2) is 44.3 Å². The van der Waals surface area contributed by atoms with Crippen molar-refractivity contribution >= 4 is 73.9 Å². The van der Waals surface area contributed by atoms with Crippen molar-refractivity contribution in [1.82, 2.24) is 10.2 Å². The van der Waals surface area contributed by atoms with E-state index in [1.54, 1.807) is 50.2 Å². The number of carbonyl (C=O) groups excluding carboxylic acids is 2. The van der Waals surface area contributed by atoms with Crippen LogP contribution in [0.1, 0.15) is 19.4 Å². The number of likely N-dealkylation sites (N-methyl/N-ethyl adjacent to an activating group) is 1. The summed E-state index contributed by atoms with van der Waals surface area (Å²) >= 11 is 25.1. The van der Waals surface area contributed by atoms with Crippen molar-refractivity contribution in [1.29, 1.82) is 0 Å². The molecule has 1 N–H and O–H groups in total. The zero-order valence-electron chi connectivity index (χ0n) is 20.5. The van der Waals surface area contributed by atoms with Crippen LogP contribution in [0.3, 0.4) is 0 Å². The van der Waals surface area contributed by atoms with Crippen molar-refractivity contribution in [2.75, 3.05) is 17.4 Å². The fraction of sp³-hybridized carbons (Fsp3) is 0.231. The summed E-state index contributed by atoms with van der Waals surface area (Å²) in [6.07, 6.45) is 0. The Bertz CT molecular complexity index is 1400. The van der Waals surface area contributed by atoms with Crippen LogP contribution in [0.15, 0.2) is 71.6 Å². The van der Waals surface area contributed by atoms with Crippen molar-refractivity contribution < 1.29 is 18.0 Å². The van der Waals surface area contributed by atoms with E-state index >= 15 is 0 Å². The molecule has 0 saturated carbocycles. The Morgan fingerprint density at radius 2 is 1.53 bits per heavy atom. The van der Waals surface area contributed by atoms with Gasteiger partial charge in [0.2, 0.25) is 11.8 Å². The average molecular weight is 617 g/mol. The smallest absolute Gasteiger partial charge is 0.264 e. The zero-order chi connectivity index (χ0) is 28.0. The van der Waals surface area contributed by atoms with Crippen LogP contribution in [-0.2, 0) is 26.2 Å². The Morgan fingerprint density at radius 1 is 0.895 bits per heavy atom. The molecule has 7 nitrogen and oxygen atoms in total. The quantitative estimate of drug-likeness (QED) is 0.300. The van der Waals surface area contributed by atoms with E-state index in [9.17, 15) is 18.0 Å². The van der Waals surface area contributed by atoms with Crippen molar-refractivity contribution in [3.8, 4) is 0 Å². The molecule has 3 aromatic carbocycles. The van der Waals surface area contributed by atoms with Crippen LogP contribution >= 0.6 is 46.4 Å². The summed E-state index contributed by atoms with van der Waals surface area (Å²) in [5, 5.41) is 3.61. The van der Waals surface area contributed by atoms with Gasteiger partial charge in [0, 0.05) is 33.7 Å². The molecule has 0 fully saturated rings. The lowest BCUT2D eigenvalue weighted by atomic mass is 10.1. The molecule has 0 aliphatic carbocycles. The van der Waals surface area contributed by atoms with Crippen LogP contribution in [0.2, 0.25) is 20.1 Å². The van der Waals surface area contributed by atoms with Gasteiger partial charge in [-0.2, -0.15) is 0 Å². The standard InChI is InChI=1S/C26H25Cl4N3O4S/c1-3-31-26(35)17(2)32(15-20-21(28)10-7-11-22(20)29)25(34)16-33(24-13-12-18(27)14-23(24)30)38(36,37)19-8-5-4-6-9-19/h4-14,17H,3,15-16H2,1-2H3,(H,31,35)/t17-/m0/s1. The number of sulfonamides is 1. The Hall–Kier alpha value is -2.49. The molecule has 0 aliphatic rings. The molecule has 0 aromatic heterocycles. The number of hydrogen-bond acceptors (Lipinski definition) is 4.